The molecule has 4 aliphatic carbocycles. The summed E-state index contributed by atoms with van der Waals surface area (Å²) in [6.45, 7) is 1.12. The number of ether oxygens (including phenoxy) is 3. The minimum atomic E-state index is -0.577. The van der Waals surface area contributed by atoms with Crippen molar-refractivity contribution in [3.8, 4) is 11.5 Å². The Morgan fingerprint density at radius 2 is 1.62 bits per heavy atom. The molecule has 1 aromatic rings. The second-order valence-electron chi connectivity index (χ2n) is 10.2. The van der Waals surface area contributed by atoms with Crippen molar-refractivity contribution in [1.29, 1.82) is 0 Å². The average Bonchev–Trinajstić information content (AvgIpc) is 3.23. The van der Waals surface area contributed by atoms with Crippen LogP contribution in [0, 0.1) is 23.2 Å². The molecule has 1 aliphatic heterocycles. The van der Waals surface area contributed by atoms with E-state index < -0.39 is 18.5 Å². The summed E-state index contributed by atoms with van der Waals surface area (Å²) >= 11 is 0. The van der Waals surface area contributed by atoms with E-state index in [1.165, 1.54) is 38.3 Å². The van der Waals surface area contributed by atoms with E-state index in [1.54, 1.807) is 0 Å². The second kappa shape index (κ2) is 8.92. The molecule has 1 heterocycles. The van der Waals surface area contributed by atoms with Gasteiger partial charge in [-0.2, -0.15) is 0 Å². The summed E-state index contributed by atoms with van der Waals surface area (Å²) in [7, 11) is 0. The molecular formula is C25H30N2O7. The summed E-state index contributed by atoms with van der Waals surface area (Å²) < 4.78 is 15.6. The Morgan fingerprint density at radius 1 is 1.00 bits per heavy atom. The third-order valence-corrected chi connectivity index (χ3v) is 7.66. The van der Waals surface area contributed by atoms with Crippen molar-refractivity contribution < 1.29 is 33.4 Å². The van der Waals surface area contributed by atoms with Gasteiger partial charge in [-0.1, -0.05) is 0 Å². The Balaban J connectivity index is 1.07. The molecule has 4 bridgehead atoms. The van der Waals surface area contributed by atoms with Gasteiger partial charge in [0, 0.05) is 23.6 Å². The molecule has 5 aliphatic rings. The van der Waals surface area contributed by atoms with Gasteiger partial charge in [-0.15, -0.1) is 0 Å². The predicted octanol–water partition coefficient (Wildman–Crippen LogP) is 2.82. The first-order chi connectivity index (χ1) is 16.3. The average molecular weight is 471 g/mol. The van der Waals surface area contributed by atoms with Gasteiger partial charge in [0.05, 0.1) is 12.1 Å². The van der Waals surface area contributed by atoms with Crippen molar-refractivity contribution in [3.05, 3.63) is 17.7 Å². The van der Waals surface area contributed by atoms with E-state index in [1.807, 2.05) is 0 Å². The number of Topliss-reactive ketones (excluding diaryl/α,β-unsaturated/α-hetero) is 1. The number of carbonyl (C=O) groups is 4. The minimum Gasteiger partial charge on any atom is -0.456 e. The van der Waals surface area contributed by atoms with Crippen LogP contribution in [0.4, 0.5) is 5.69 Å². The van der Waals surface area contributed by atoms with Gasteiger partial charge < -0.3 is 24.8 Å². The quantitative estimate of drug-likeness (QED) is 0.443. The maximum atomic E-state index is 12.9. The highest BCUT2D eigenvalue weighted by molar-refractivity contribution is 6.05. The van der Waals surface area contributed by atoms with Crippen LogP contribution in [0.3, 0.4) is 0 Å². The molecule has 2 N–H and O–H groups in total. The molecule has 4 fully saturated rings. The van der Waals surface area contributed by atoms with Crippen LogP contribution in [-0.4, -0.2) is 43.5 Å². The van der Waals surface area contributed by atoms with Crippen LogP contribution < -0.4 is 20.1 Å². The minimum absolute atomic E-state index is 0.00585. The SMILES string of the molecule is CC(=O)c1cc2c(cc1NC(=O)COC(=O)CCNC(=O)C13CC4CC(CC(C4)C1)C3)OCO2. The summed E-state index contributed by atoms with van der Waals surface area (Å²) in [6, 6.07) is 3.03. The Hall–Kier alpha value is -3.10. The van der Waals surface area contributed by atoms with Gasteiger partial charge in [-0.25, -0.2) is 0 Å². The Morgan fingerprint density at radius 3 is 2.24 bits per heavy atom. The van der Waals surface area contributed by atoms with Crippen molar-refractivity contribution in [2.24, 2.45) is 23.2 Å². The van der Waals surface area contributed by atoms with Crippen molar-refractivity contribution in [2.45, 2.75) is 51.9 Å². The van der Waals surface area contributed by atoms with E-state index in [9.17, 15) is 19.2 Å². The zero-order valence-electron chi connectivity index (χ0n) is 19.3. The van der Waals surface area contributed by atoms with Crippen molar-refractivity contribution in [1.82, 2.24) is 5.32 Å². The third kappa shape index (κ3) is 4.48. The molecule has 0 saturated heterocycles. The van der Waals surface area contributed by atoms with Crippen LogP contribution in [0.15, 0.2) is 12.1 Å². The summed E-state index contributed by atoms with van der Waals surface area (Å²) in [6.07, 6.45) is 6.70. The van der Waals surface area contributed by atoms with Gasteiger partial charge >= 0.3 is 5.97 Å². The fraction of sp³-hybridized carbons (Fsp3) is 0.600. The van der Waals surface area contributed by atoms with Crippen LogP contribution in [0.25, 0.3) is 0 Å². The molecule has 0 spiro atoms. The van der Waals surface area contributed by atoms with Gasteiger partial charge in [0.25, 0.3) is 5.91 Å². The number of nitrogens with one attached hydrogen (secondary N) is 2. The van der Waals surface area contributed by atoms with Crippen LogP contribution in [0.1, 0.15) is 62.2 Å². The topological polar surface area (TPSA) is 120 Å². The van der Waals surface area contributed by atoms with Gasteiger partial charge in [-0.05, 0) is 69.3 Å². The monoisotopic (exact) mass is 470 g/mol. The number of esters is 1. The first-order valence-corrected chi connectivity index (χ1v) is 12.0. The number of hydrogen-bond donors (Lipinski definition) is 2. The summed E-state index contributed by atoms with van der Waals surface area (Å²) in [5.41, 5.74) is 0.286. The van der Waals surface area contributed by atoms with Gasteiger partial charge in [0.2, 0.25) is 12.7 Å². The molecule has 182 valence electrons. The zero-order chi connectivity index (χ0) is 23.9. The summed E-state index contributed by atoms with van der Waals surface area (Å²) in [4.78, 5) is 49.3. The fourth-order valence-corrected chi connectivity index (χ4v) is 6.60. The van der Waals surface area contributed by atoms with E-state index in [0.29, 0.717) is 29.3 Å². The number of carbonyl (C=O) groups excluding carboxylic acids is 4. The molecular weight excluding hydrogens is 440 g/mol. The maximum absolute atomic E-state index is 12.9. The zero-order valence-corrected chi connectivity index (χ0v) is 19.3. The number of benzene rings is 1. The molecule has 2 amide bonds. The van der Waals surface area contributed by atoms with Gasteiger partial charge in [0.15, 0.2) is 23.9 Å². The molecule has 9 heteroatoms. The standard InChI is InChI=1S/C25H30N2O7/c1-14(28)18-7-20-21(34-13-33-20)8-19(18)27-22(29)12-32-23(30)2-3-26-24(31)25-9-15-4-16(10-25)6-17(5-15)11-25/h7-8,15-17H,2-6,9-13H2,1H3,(H,26,31)(H,27,29). The Bertz CT molecular complexity index is 999. The van der Waals surface area contributed by atoms with Crippen molar-refractivity contribution >= 4 is 29.3 Å². The lowest BCUT2D eigenvalue weighted by molar-refractivity contribution is -0.148. The fourth-order valence-electron chi connectivity index (χ4n) is 6.60. The molecule has 1 aromatic carbocycles. The maximum Gasteiger partial charge on any atom is 0.308 e. The molecule has 6 rings (SSSR count). The lowest BCUT2D eigenvalue weighted by atomic mass is 9.49. The molecule has 0 unspecified atom stereocenters. The van der Waals surface area contributed by atoms with Crippen LogP contribution in [0.5, 0.6) is 11.5 Å². The first kappa shape index (κ1) is 22.7. The lowest BCUT2D eigenvalue weighted by Crippen LogP contribution is -2.53. The molecule has 34 heavy (non-hydrogen) atoms. The first-order valence-electron chi connectivity index (χ1n) is 12.0. The number of hydrogen-bond acceptors (Lipinski definition) is 7. The predicted molar refractivity (Wildman–Crippen MR) is 120 cm³/mol. The van der Waals surface area contributed by atoms with Gasteiger partial charge in [0.1, 0.15) is 0 Å². The Kier molecular flexibility index (Phi) is 5.95. The molecule has 9 nitrogen and oxygen atoms in total. The lowest BCUT2D eigenvalue weighted by Gasteiger charge is -2.55. The van der Waals surface area contributed by atoms with E-state index in [4.69, 9.17) is 14.2 Å². The van der Waals surface area contributed by atoms with Crippen LogP contribution in [0.2, 0.25) is 0 Å². The number of ketones is 1. The third-order valence-electron chi connectivity index (χ3n) is 7.66. The number of amides is 2. The van der Waals surface area contributed by atoms with E-state index >= 15 is 0 Å². The highest BCUT2D eigenvalue weighted by Gasteiger charge is 2.54. The van der Waals surface area contributed by atoms with E-state index in [2.05, 4.69) is 10.6 Å². The smallest absolute Gasteiger partial charge is 0.308 e. The largest absolute Gasteiger partial charge is 0.456 e. The van der Waals surface area contributed by atoms with Crippen LogP contribution in [-0.2, 0) is 19.1 Å². The number of rotatable bonds is 8. The molecule has 0 atom stereocenters. The van der Waals surface area contributed by atoms with Crippen molar-refractivity contribution in [3.63, 3.8) is 0 Å². The van der Waals surface area contributed by atoms with Crippen LogP contribution >= 0.6 is 0 Å². The highest BCUT2D eigenvalue weighted by atomic mass is 16.7. The summed E-state index contributed by atoms with van der Waals surface area (Å²) in [5.74, 6) is 1.55. The normalized spacial score (nSPS) is 27.9. The second-order valence-corrected chi connectivity index (χ2v) is 10.2. The molecule has 0 aromatic heterocycles. The molecule has 0 radical (unpaired) electrons. The number of anilines is 1. The molecule has 4 saturated carbocycles. The van der Waals surface area contributed by atoms with E-state index in [0.717, 1.165) is 19.3 Å². The Labute approximate surface area is 197 Å². The number of fused-ring (bicyclic) bond motifs is 1. The van der Waals surface area contributed by atoms with E-state index in [-0.39, 0.29) is 48.1 Å². The highest BCUT2D eigenvalue weighted by Crippen LogP contribution is 2.60. The van der Waals surface area contributed by atoms with Crippen molar-refractivity contribution in [2.75, 3.05) is 25.3 Å². The van der Waals surface area contributed by atoms with Gasteiger partial charge in [-0.3, -0.25) is 19.2 Å². The summed E-state index contributed by atoms with van der Waals surface area (Å²) in [5, 5.41) is 5.52.